The molecule has 0 bridgehead atoms. The number of carbonyl (C=O) groups excluding carboxylic acids is 1. The van der Waals surface area contributed by atoms with E-state index < -0.39 is 0 Å². The summed E-state index contributed by atoms with van der Waals surface area (Å²) < 4.78 is 11.0. The number of hydrogen-bond acceptors (Lipinski definition) is 5. The van der Waals surface area contributed by atoms with E-state index in [4.69, 9.17) is 9.47 Å². The molecule has 0 unspecified atom stereocenters. The lowest BCUT2D eigenvalue weighted by Crippen LogP contribution is -2.51. The van der Waals surface area contributed by atoms with Crippen molar-refractivity contribution in [2.45, 2.75) is 32.0 Å². The number of amides is 1. The fourth-order valence-corrected chi connectivity index (χ4v) is 2.94. The lowest BCUT2D eigenvalue weighted by atomic mass is 10.1. The van der Waals surface area contributed by atoms with Gasteiger partial charge < -0.3 is 14.4 Å². The molecule has 2 heterocycles. The molecule has 2 aliphatic rings. The molecule has 0 radical (unpaired) electrons. The summed E-state index contributed by atoms with van der Waals surface area (Å²) in [6.45, 7) is 9.51. The summed E-state index contributed by atoms with van der Waals surface area (Å²) in [5, 5.41) is 0. The van der Waals surface area contributed by atoms with Crippen LogP contribution in [0, 0.1) is 0 Å². The SMILES string of the molecule is COCCN1CCO[C@H]2CN(C(=O)CN(C)C(C)C)C[C@H]21. The van der Waals surface area contributed by atoms with Gasteiger partial charge in [0.15, 0.2) is 0 Å². The summed E-state index contributed by atoms with van der Waals surface area (Å²) in [6.07, 6.45) is 0.156. The van der Waals surface area contributed by atoms with Crippen LogP contribution in [0.3, 0.4) is 0 Å². The van der Waals surface area contributed by atoms with E-state index in [1.165, 1.54) is 0 Å². The normalized spacial score (nSPS) is 26.7. The molecule has 6 nitrogen and oxygen atoms in total. The molecule has 2 atom stereocenters. The lowest BCUT2D eigenvalue weighted by Gasteiger charge is -2.36. The lowest BCUT2D eigenvalue weighted by molar-refractivity contribution is -0.131. The van der Waals surface area contributed by atoms with E-state index in [1.807, 2.05) is 11.9 Å². The number of nitrogens with zero attached hydrogens (tertiary/aromatic N) is 3. The summed E-state index contributed by atoms with van der Waals surface area (Å²) in [5.41, 5.74) is 0. The third-order valence-corrected chi connectivity index (χ3v) is 4.62. The molecular formula is C15H29N3O3. The molecule has 1 amide bonds. The first-order chi connectivity index (χ1) is 10.0. The summed E-state index contributed by atoms with van der Waals surface area (Å²) in [6, 6.07) is 0.704. The largest absolute Gasteiger partial charge is 0.383 e. The minimum Gasteiger partial charge on any atom is -0.383 e. The Morgan fingerprint density at radius 1 is 1.43 bits per heavy atom. The van der Waals surface area contributed by atoms with E-state index in [-0.39, 0.29) is 12.0 Å². The second kappa shape index (κ2) is 7.54. The van der Waals surface area contributed by atoms with Gasteiger partial charge in [-0.15, -0.1) is 0 Å². The van der Waals surface area contributed by atoms with Crippen LogP contribution in [0.4, 0.5) is 0 Å². The summed E-state index contributed by atoms with van der Waals surface area (Å²) in [4.78, 5) is 18.8. The molecule has 0 aromatic heterocycles. The molecule has 0 aliphatic carbocycles. The van der Waals surface area contributed by atoms with Crippen molar-refractivity contribution < 1.29 is 14.3 Å². The Labute approximate surface area is 128 Å². The standard InChI is InChI=1S/C15H29N3O3/c1-12(2)16(3)11-15(19)18-9-13-14(10-18)21-8-6-17(13)5-7-20-4/h12-14H,5-11H2,1-4H3/t13-,14+/m1/s1. The molecule has 2 saturated heterocycles. The molecule has 6 heteroatoms. The van der Waals surface area contributed by atoms with Crippen molar-refractivity contribution in [1.29, 1.82) is 0 Å². The van der Waals surface area contributed by atoms with Crippen molar-refractivity contribution in [3.8, 4) is 0 Å². The zero-order valence-electron chi connectivity index (χ0n) is 13.7. The average molecular weight is 299 g/mol. The number of morpholine rings is 1. The van der Waals surface area contributed by atoms with Crippen molar-refractivity contribution in [3.05, 3.63) is 0 Å². The van der Waals surface area contributed by atoms with E-state index in [9.17, 15) is 4.79 Å². The van der Waals surface area contributed by atoms with Gasteiger partial charge in [0.05, 0.1) is 31.9 Å². The average Bonchev–Trinajstić information content (AvgIpc) is 2.89. The second-order valence-corrected chi connectivity index (χ2v) is 6.31. The molecule has 2 fully saturated rings. The molecule has 0 saturated carbocycles. The van der Waals surface area contributed by atoms with Crippen molar-refractivity contribution in [2.24, 2.45) is 0 Å². The first-order valence-corrected chi connectivity index (χ1v) is 7.85. The maximum Gasteiger partial charge on any atom is 0.236 e. The Bertz CT molecular complexity index is 351. The molecule has 2 rings (SSSR count). The van der Waals surface area contributed by atoms with Gasteiger partial charge in [0, 0.05) is 39.3 Å². The summed E-state index contributed by atoms with van der Waals surface area (Å²) in [5.74, 6) is 0.205. The topological polar surface area (TPSA) is 45.3 Å². The zero-order chi connectivity index (χ0) is 15.4. The van der Waals surface area contributed by atoms with Gasteiger partial charge in [0.1, 0.15) is 0 Å². The van der Waals surface area contributed by atoms with Crippen LogP contribution in [-0.2, 0) is 14.3 Å². The smallest absolute Gasteiger partial charge is 0.236 e. The minimum absolute atomic E-state index is 0.156. The molecule has 0 aromatic rings. The highest BCUT2D eigenvalue weighted by Gasteiger charge is 2.41. The minimum atomic E-state index is 0.156. The Morgan fingerprint density at radius 2 is 2.19 bits per heavy atom. The van der Waals surface area contributed by atoms with Crippen LogP contribution in [0.1, 0.15) is 13.8 Å². The van der Waals surface area contributed by atoms with E-state index in [0.29, 0.717) is 18.6 Å². The van der Waals surface area contributed by atoms with Crippen LogP contribution in [0.5, 0.6) is 0 Å². The van der Waals surface area contributed by atoms with Crippen molar-refractivity contribution in [3.63, 3.8) is 0 Å². The molecule has 2 aliphatic heterocycles. The van der Waals surface area contributed by atoms with Crippen LogP contribution in [0.25, 0.3) is 0 Å². The Kier molecular flexibility index (Phi) is 5.98. The van der Waals surface area contributed by atoms with Crippen molar-refractivity contribution in [1.82, 2.24) is 14.7 Å². The number of fused-ring (bicyclic) bond motifs is 1. The van der Waals surface area contributed by atoms with Crippen LogP contribution in [0.15, 0.2) is 0 Å². The zero-order valence-corrected chi connectivity index (χ0v) is 13.7. The number of methoxy groups -OCH3 is 1. The highest BCUT2D eigenvalue weighted by Crippen LogP contribution is 2.23. The quantitative estimate of drug-likeness (QED) is 0.684. The summed E-state index contributed by atoms with van der Waals surface area (Å²) in [7, 11) is 3.72. The van der Waals surface area contributed by atoms with Crippen molar-refractivity contribution >= 4 is 5.91 Å². The van der Waals surface area contributed by atoms with Crippen molar-refractivity contribution in [2.75, 3.05) is 60.1 Å². The number of likely N-dealkylation sites (N-methyl/N-ethyl adjacent to an activating group) is 1. The molecule has 0 aromatic carbocycles. The third-order valence-electron chi connectivity index (χ3n) is 4.62. The first kappa shape index (κ1) is 16.7. The predicted octanol–water partition coefficient (Wildman–Crippen LogP) is -0.115. The fourth-order valence-electron chi connectivity index (χ4n) is 2.94. The molecule has 21 heavy (non-hydrogen) atoms. The van der Waals surface area contributed by atoms with Crippen LogP contribution in [-0.4, -0.2) is 98.9 Å². The second-order valence-electron chi connectivity index (χ2n) is 6.31. The van der Waals surface area contributed by atoms with Gasteiger partial charge >= 0.3 is 0 Å². The fraction of sp³-hybridized carbons (Fsp3) is 0.933. The van der Waals surface area contributed by atoms with Gasteiger partial charge in [-0.1, -0.05) is 0 Å². The van der Waals surface area contributed by atoms with Gasteiger partial charge in [0.25, 0.3) is 0 Å². The number of likely N-dealkylation sites (tertiary alicyclic amines) is 1. The number of hydrogen-bond donors (Lipinski definition) is 0. The molecule has 0 N–H and O–H groups in total. The Morgan fingerprint density at radius 3 is 2.86 bits per heavy atom. The monoisotopic (exact) mass is 299 g/mol. The molecule has 0 spiro atoms. The van der Waals surface area contributed by atoms with Gasteiger partial charge in [0.2, 0.25) is 5.91 Å². The highest BCUT2D eigenvalue weighted by molar-refractivity contribution is 5.78. The first-order valence-electron chi connectivity index (χ1n) is 7.85. The van der Waals surface area contributed by atoms with Crippen LogP contribution >= 0.6 is 0 Å². The van der Waals surface area contributed by atoms with Crippen LogP contribution in [0.2, 0.25) is 0 Å². The molecule has 122 valence electrons. The third kappa shape index (κ3) is 4.16. The highest BCUT2D eigenvalue weighted by atomic mass is 16.5. The van der Waals surface area contributed by atoms with Gasteiger partial charge in [-0.3, -0.25) is 14.6 Å². The predicted molar refractivity (Wildman–Crippen MR) is 81.3 cm³/mol. The summed E-state index contributed by atoms with van der Waals surface area (Å²) >= 11 is 0. The van der Waals surface area contributed by atoms with E-state index >= 15 is 0 Å². The maximum absolute atomic E-state index is 12.4. The van der Waals surface area contributed by atoms with Gasteiger partial charge in [-0.25, -0.2) is 0 Å². The van der Waals surface area contributed by atoms with E-state index in [0.717, 1.165) is 39.4 Å². The van der Waals surface area contributed by atoms with Gasteiger partial charge in [-0.2, -0.15) is 0 Å². The van der Waals surface area contributed by atoms with E-state index in [2.05, 4.69) is 23.6 Å². The Hall–Kier alpha value is -0.690. The molecular weight excluding hydrogens is 270 g/mol. The number of ether oxygens (including phenoxy) is 2. The van der Waals surface area contributed by atoms with E-state index in [1.54, 1.807) is 7.11 Å². The van der Waals surface area contributed by atoms with Gasteiger partial charge in [-0.05, 0) is 20.9 Å². The van der Waals surface area contributed by atoms with Crippen LogP contribution < -0.4 is 0 Å². The number of rotatable bonds is 6. The number of carbonyl (C=O) groups is 1. The maximum atomic E-state index is 12.4. The Balaban J connectivity index is 1.89.